The highest BCUT2D eigenvalue weighted by atomic mass is 16.2. The summed E-state index contributed by atoms with van der Waals surface area (Å²) in [4.78, 5) is 29.4. The Labute approximate surface area is 132 Å². The van der Waals surface area contributed by atoms with Crippen LogP contribution in [0.1, 0.15) is 13.0 Å². The maximum Gasteiger partial charge on any atom is 0.262 e. The van der Waals surface area contributed by atoms with Crippen LogP contribution in [0, 0.1) is 0 Å². The van der Waals surface area contributed by atoms with E-state index < -0.39 is 11.9 Å². The number of para-hydroxylation sites is 1. The highest BCUT2D eigenvalue weighted by Crippen LogP contribution is 2.21. The second-order valence-corrected chi connectivity index (χ2v) is 5.18. The summed E-state index contributed by atoms with van der Waals surface area (Å²) in [5, 5.41) is 0.462. The van der Waals surface area contributed by atoms with E-state index in [1.54, 1.807) is 25.1 Å². The molecule has 0 saturated heterocycles. The van der Waals surface area contributed by atoms with Crippen LogP contribution in [-0.4, -0.2) is 15.5 Å². The number of carbonyl (C=O) groups is 1. The maximum atomic E-state index is 12.9. The summed E-state index contributed by atoms with van der Waals surface area (Å²) in [6.45, 7) is 1.62. The Morgan fingerprint density at radius 3 is 2.48 bits per heavy atom. The van der Waals surface area contributed by atoms with Gasteiger partial charge in [-0.2, -0.15) is 0 Å². The summed E-state index contributed by atoms with van der Waals surface area (Å²) in [6.07, 6.45) is 0. The number of nitrogens with one attached hydrogen (secondary N) is 1. The first-order valence-corrected chi connectivity index (χ1v) is 7.20. The maximum absolute atomic E-state index is 12.9. The van der Waals surface area contributed by atoms with Gasteiger partial charge in [0.15, 0.2) is 0 Å². The third kappa shape index (κ3) is 2.60. The van der Waals surface area contributed by atoms with Crippen LogP contribution in [0.2, 0.25) is 0 Å². The number of hydrazine groups is 1. The van der Waals surface area contributed by atoms with E-state index in [0.29, 0.717) is 16.7 Å². The molecule has 0 aliphatic heterocycles. The van der Waals surface area contributed by atoms with Gasteiger partial charge < -0.3 is 0 Å². The first-order chi connectivity index (χ1) is 11.1. The molecule has 6 nitrogen and oxygen atoms in total. The van der Waals surface area contributed by atoms with Gasteiger partial charge in [-0.05, 0) is 19.1 Å². The lowest BCUT2D eigenvalue weighted by Crippen LogP contribution is -2.40. The Kier molecular flexibility index (Phi) is 3.91. The Morgan fingerprint density at radius 2 is 1.78 bits per heavy atom. The number of nitrogens with zero attached hydrogens (tertiary/aromatic N) is 2. The predicted molar refractivity (Wildman–Crippen MR) is 88.5 cm³/mol. The first-order valence-electron chi connectivity index (χ1n) is 7.20. The number of rotatable bonds is 3. The van der Waals surface area contributed by atoms with Crippen LogP contribution in [0.3, 0.4) is 0 Å². The van der Waals surface area contributed by atoms with Crippen molar-refractivity contribution in [3.05, 3.63) is 65.0 Å². The molecule has 0 aliphatic carbocycles. The fourth-order valence-corrected chi connectivity index (χ4v) is 2.53. The quantitative estimate of drug-likeness (QED) is 0.437. The van der Waals surface area contributed by atoms with Crippen molar-refractivity contribution in [3.63, 3.8) is 0 Å². The molecular weight excluding hydrogens is 292 g/mol. The van der Waals surface area contributed by atoms with Gasteiger partial charge in [-0.1, -0.05) is 42.5 Å². The van der Waals surface area contributed by atoms with Gasteiger partial charge in [-0.3, -0.25) is 19.6 Å². The van der Waals surface area contributed by atoms with Gasteiger partial charge in [0.05, 0.1) is 10.9 Å². The molecule has 1 aromatic heterocycles. The number of nitrogens with two attached hydrogens (primary N) is 1. The van der Waals surface area contributed by atoms with Crippen molar-refractivity contribution < 1.29 is 4.79 Å². The van der Waals surface area contributed by atoms with E-state index in [4.69, 9.17) is 5.84 Å². The second kappa shape index (κ2) is 6.02. The average molecular weight is 308 g/mol. The molecule has 3 aromatic rings. The highest BCUT2D eigenvalue weighted by molar-refractivity contribution is 5.83. The van der Waals surface area contributed by atoms with Crippen molar-refractivity contribution >= 4 is 16.8 Å². The lowest BCUT2D eigenvalue weighted by molar-refractivity contribution is -0.123. The molecule has 0 radical (unpaired) electrons. The number of hydrogen-bond acceptors (Lipinski definition) is 4. The smallest absolute Gasteiger partial charge is 0.262 e. The predicted octanol–water partition coefficient (Wildman–Crippen LogP) is 1.61. The molecule has 0 fully saturated rings. The Bertz CT molecular complexity index is 919. The van der Waals surface area contributed by atoms with Crippen LogP contribution >= 0.6 is 0 Å². The Hall–Kier alpha value is -2.99. The topological polar surface area (TPSA) is 90.0 Å². The van der Waals surface area contributed by atoms with Crippen LogP contribution in [0.5, 0.6) is 0 Å². The third-order valence-electron chi connectivity index (χ3n) is 3.75. The van der Waals surface area contributed by atoms with Crippen LogP contribution in [0.25, 0.3) is 22.3 Å². The molecule has 0 bridgehead atoms. The van der Waals surface area contributed by atoms with E-state index in [1.807, 2.05) is 36.4 Å². The molecule has 1 amide bonds. The average Bonchev–Trinajstić information content (AvgIpc) is 2.61. The fraction of sp³-hybridized carbons (Fsp3) is 0.118. The van der Waals surface area contributed by atoms with Crippen molar-refractivity contribution in [3.8, 4) is 11.4 Å². The van der Waals surface area contributed by atoms with E-state index in [9.17, 15) is 9.59 Å². The van der Waals surface area contributed by atoms with Crippen LogP contribution in [-0.2, 0) is 4.79 Å². The number of fused-ring (bicyclic) bond motifs is 1. The van der Waals surface area contributed by atoms with E-state index in [2.05, 4.69) is 10.4 Å². The zero-order valence-electron chi connectivity index (χ0n) is 12.6. The number of amides is 1. The standard InChI is InChI=1S/C17H16N4O2/c1-11(16(22)20-18)21-15(12-7-3-2-4-8-12)19-14-10-6-5-9-13(14)17(21)23/h2-11H,18H2,1H3,(H,20,22). The fourth-order valence-electron chi connectivity index (χ4n) is 2.53. The molecule has 3 rings (SSSR count). The van der Waals surface area contributed by atoms with Gasteiger partial charge in [0, 0.05) is 5.56 Å². The Balaban J connectivity index is 2.37. The summed E-state index contributed by atoms with van der Waals surface area (Å²) >= 11 is 0. The summed E-state index contributed by atoms with van der Waals surface area (Å²) in [7, 11) is 0. The molecule has 23 heavy (non-hydrogen) atoms. The largest absolute Gasteiger partial charge is 0.292 e. The second-order valence-electron chi connectivity index (χ2n) is 5.18. The van der Waals surface area contributed by atoms with Crippen molar-refractivity contribution in [2.75, 3.05) is 0 Å². The molecule has 0 spiro atoms. The Morgan fingerprint density at radius 1 is 1.13 bits per heavy atom. The summed E-state index contributed by atoms with van der Waals surface area (Å²) in [6, 6.07) is 15.6. The lowest BCUT2D eigenvalue weighted by Gasteiger charge is -2.18. The molecule has 1 atom stereocenters. The van der Waals surface area contributed by atoms with Crippen LogP contribution in [0.15, 0.2) is 59.4 Å². The van der Waals surface area contributed by atoms with Crippen molar-refractivity contribution in [1.29, 1.82) is 0 Å². The highest BCUT2D eigenvalue weighted by Gasteiger charge is 2.21. The number of aromatic nitrogens is 2. The minimum atomic E-state index is -0.778. The molecule has 1 heterocycles. The van der Waals surface area contributed by atoms with Crippen LogP contribution in [0.4, 0.5) is 0 Å². The van der Waals surface area contributed by atoms with E-state index >= 15 is 0 Å². The van der Waals surface area contributed by atoms with Gasteiger partial charge in [-0.25, -0.2) is 10.8 Å². The first kappa shape index (κ1) is 14.9. The normalized spacial score (nSPS) is 12.1. The zero-order valence-corrected chi connectivity index (χ0v) is 12.6. The summed E-state index contributed by atoms with van der Waals surface area (Å²) < 4.78 is 1.37. The molecule has 0 aliphatic rings. The van der Waals surface area contributed by atoms with Gasteiger partial charge in [0.1, 0.15) is 11.9 Å². The number of carbonyl (C=O) groups excluding carboxylic acids is 1. The minimum Gasteiger partial charge on any atom is -0.292 e. The molecular formula is C17H16N4O2. The monoisotopic (exact) mass is 308 g/mol. The molecule has 6 heteroatoms. The SMILES string of the molecule is CC(C(=O)NN)n1c(-c2ccccc2)nc2ccccc2c1=O. The number of benzene rings is 2. The van der Waals surface area contributed by atoms with E-state index in [1.165, 1.54) is 4.57 Å². The van der Waals surface area contributed by atoms with Crippen molar-refractivity contribution in [1.82, 2.24) is 15.0 Å². The third-order valence-corrected chi connectivity index (χ3v) is 3.75. The van der Waals surface area contributed by atoms with E-state index in [-0.39, 0.29) is 5.56 Å². The molecule has 0 saturated carbocycles. The molecule has 116 valence electrons. The summed E-state index contributed by atoms with van der Waals surface area (Å²) in [5.41, 5.74) is 3.17. The minimum absolute atomic E-state index is 0.273. The molecule has 3 N–H and O–H groups in total. The number of hydrogen-bond donors (Lipinski definition) is 2. The molecule has 2 aromatic carbocycles. The van der Waals surface area contributed by atoms with Gasteiger partial charge in [0.25, 0.3) is 11.5 Å². The van der Waals surface area contributed by atoms with Gasteiger partial charge in [0.2, 0.25) is 0 Å². The zero-order chi connectivity index (χ0) is 16.4. The summed E-state index contributed by atoms with van der Waals surface area (Å²) in [5.74, 6) is 5.20. The van der Waals surface area contributed by atoms with Crippen molar-refractivity contribution in [2.45, 2.75) is 13.0 Å². The van der Waals surface area contributed by atoms with E-state index in [0.717, 1.165) is 5.56 Å². The van der Waals surface area contributed by atoms with Gasteiger partial charge >= 0.3 is 0 Å². The van der Waals surface area contributed by atoms with Gasteiger partial charge in [-0.15, -0.1) is 0 Å². The lowest BCUT2D eigenvalue weighted by atomic mass is 10.1. The van der Waals surface area contributed by atoms with Crippen molar-refractivity contribution in [2.24, 2.45) is 5.84 Å². The van der Waals surface area contributed by atoms with Crippen LogP contribution < -0.4 is 16.8 Å². The molecule has 1 unspecified atom stereocenters.